The number of hydrogen-bond donors (Lipinski definition) is 0. The highest BCUT2D eigenvalue weighted by atomic mass is 19.1. The van der Waals surface area contributed by atoms with Gasteiger partial charge < -0.3 is 8.97 Å². The number of fused-ring (bicyclic) bond motifs is 3. The molecule has 3 heterocycles. The Hall–Kier alpha value is -3.28. The maximum Gasteiger partial charge on any atom is 0.275 e. The molecule has 0 unspecified atom stereocenters. The number of benzene rings is 1. The van der Waals surface area contributed by atoms with Crippen molar-refractivity contribution in [2.45, 2.75) is 32.2 Å². The van der Waals surface area contributed by atoms with Crippen molar-refractivity contribution in [1.29, 1.82) is 0 Å². The molecule has 0 spiro atoms. The highest BCUT2D eigenvalue weighted by Gasteiger charge is 2.12. The molecule has 0 atom stereocenters. The summed E-state index contributed by atoms with van der Waals surface area (Å²) >= 11 is 0. The van der Waals surface area contributed by atoms with Crippen LogP contribution in [0.5, 0.6) is 0 Å². The number of pyridine rings is 1. The molecular weight excluding hydrogens is 357 g/mol. The van der Waals surface area contributed by atoms with E-state index < -0.39 is 5.82 Å². The minimum atomic E-state index is -0.407. The van der Waals surface area contributed by atoms with Gasteiger partial charge in [0, 0.05) is 38.0 Å². The van der Waals surface area contributed by atoms with Crippen LogP contribution in [0.1, 0.15) is 24.8 Å². The molecule has 0 saturated carbocycles. The summed E-state index contributed by atoms with van der Waals surface area (Å²) in [5, 5.41) is 0. The monoisotopic (exact) mass is 377 g/mol. The first kappa shape index (κ1) is 18.1. The van der Waals surface area contributed by atoms with Crippen LogP contribution in [0, 0.1) is 5.82 Å². The molecule has 0 bridgehead atoms. The van der Waals surface area contributed by atoms with Crippen molar-refractivity contribution < 1.29 is 9.18 Å². The van der Waals surface area contributed by atoms with Crippen molar-refractivity contribution in [3.05, 3.63) is 82.8 Å². The van der Waals surface area contributed by atoms with E-state index in [2.05, 4.69) is 4.98 Å². The molecule has 4 rings (SSSR count). The van der Waals surface area contributed by atoms with E-state index in [1.165, 1.54) is 16.7 Å². The average molecular weight is 377 g/mol. The summed E-state index contributed by atoms with van der Waals surface area (Å²) in [4.78, 5) is 29.2. The van der Waals surface area contributed by atoms with Gasteiger partial charge in [0.1, 0.15) is 17.1 Å². The van der Waals surface area contributed by atoms with Crippen molar-refractivity contribution in [2.24, 2.45) is 0 Å². The number of carbonyl (C=O) groups is 1. The van der Waals surface area contributed by atoms with Gasteiger partial charge in [0.05, 0.1) is 11.0 Å². The van der Waals surface area contributed by atoms with Gasteiger partial charge in [-0.15, -0.1) is 0 Å². The molecule has 0 saturated heterocycles. The Kier molecular flexibility index (Phi) is 5.02. The van der Waals surface area contributed by atoms with Gasteiger partial charge in [0.2, 0.25) is 0 Å². The highest BCUT2D eigenvalue weighted by molar-refractivity contribution is 5.80. The minimum absolute atomic E-state index is 0.0931. The summed E-state index contributed by atoms with van der Waals surface area (Å²) in [7, 11) is 0. The number of rotatable bonds is 7. The number of aryl methyl sites for hydroxylation is 2. The fourth-order valence-electron chi connectivity index (χ4n) is 3.55. The topological polar surface area (TPSA) is 56.4 Å². The van der Waals surface area contributed by atoms with Gasteiger partial charge in [-0.05, 0) is 54.8 Å². The number of nitrogens with zero attached hydrogens (tertiary/aromatic N) is 3. The van der Waals surface area contributed by atoms with Gasteiger partial charge in [-0.2, -0.15) is 0 Å². The van der Waals surface area contributed by atoms with Crippen molar-refractivity contribution in [3.8, 4) is 0 Å². The van der Waals surface area contributed by atoms with E-state index in [1.54, 1.807) is 41.2 Å². The van der Waals surface area contributed by atoms with Crippen LogP contribution < -0.4 is 5.56 Å². The molecule has 6 heteroatoms. The summed E-state index contributed by atoms with van der Waals surface area (Å²) in [5.74, 6) is -0.314. The molecule has 5 nitrogen and oxygen atoms in total. The van der Waals surface area contributed by atoms with E-state index >= 15 is 0 Å². The Labute approximate surface area is 161 Å². The Bertz CT molecular complexity index is 1200. The molecule has 0 aliphatic heterocycles. The third kappa shape index (κ3) is 3.58. The number of halogens is 1. The number of ketones is 1. The molecule has 1 aromatic carbocycles. The molecule has 142 valence electrons. The summed E-state index contributed by atoms with van der Waals surface area (Å²) < 4.78 is 17.1. The van der Waals surface area contributed by atoms with E-state index in [-0.39, 0.29) is 24.3 Å². The number of hydrogen-bond acceptors (Lipinski definition) is 3. The van der Waals surface area contributed by atoms with Crippen LogP contribution in [0.25, 0.3) is 16.6 Å². The highest BCUT2D eigenvalue weighted by Crippen LogP contribution is 2.17. The van der Waals surface area contributed by atoms with Crippen LogP contribution in [-0.4, -0.2) is 19.7 Å². The second-order valence-corrected chi connectivity index (χ2v) is 6.86. The van der Waals surface area contributed by atoms with Crippen LogP contribution in [-0.2, 0) is 17.8 Å². The molecule has 28 heavy (non-hydrogen) atoms. The zero-order chi connectivity index (χ0) is 19.5. The van der Waals surface area contributed by atoms with E-state index in [1.807, 2.05) is 12.1 Å². The Morgan fingerprint density at radius 2 is 1.93 bits per heavy atom. The molecule has 0 radical (unpaired) electrons. The molecule has 0 aliphatic carbocycles. The average Bonchev–Trinajstić information content (AvgIpc) is 3.19. The van der Waals surface area contributed by atoms with Gasteiger partial charge in [-0.3, -0.25) is 14.6 Å². The Morgan fingerprint density at radius 3 is 2.75 bits per heavy atom. The smallest absolute Gasteiger partial charge is 0.275 e. The second kappa shape index (κ2) is 7.76. The lowest BCUT2D eigenvalue weighted by Crippen LogP contribution is -2.24. The molecule has 3 aromatic heterocycles. The molecule has 0 aliphatic rings. The molecule has 4 aromatic rings. The zero-order valence-electron chi connectivity index (χ0n) is 15.3. The van der Waals surface area contributed by atoms with Crippen LogP contribution in [0.3, 0.4) is 0 Å². The fraction of sp³-hybridized carbons (Fsp3) is 0.227. The lowest BCUT2D eigenvalue weighted by atomic mass is 10.1. The zero-order valence-corrected chi connectivity index (χ0v) is 15.3. The molecule has 0 N–H and O–H groups in total. The lowest BCUT2D eigenvalue weighted by molar-refractivity contribution is -0.119. The number of Topliss-reactive ketones (excluding diaryl/α,β-unsaturated/α-hetero) is 1. The SMILES string of the molecule is O=C(CCCc1cccnc1)CCn1c(=O)c2cccn2c2ccc(F)cc21. The van der Waals surface area contributed by atoms with Crippen LogP contribution in [0.4, 0.5) is 4.39 Å². The minimum Gasteiger partial charge on any atom is -0.310 e. The predicted molar refractivity (Wildman–Crippen MR) is 106 cm³/mol. The van der Waals surface area contributed by atoms with E-state index in [9.17, 15) is 14.0 Å². The van der Waals surface area contributed by atoms with Crippen molar-refractivity contribution in [2.75, 3.05) is 0 Å². The van der Waals surface area contributed by atoms with Crippen molar-refractivity contribution >= 4 is 22.3 Å². The largest absolute Gasteiger partial charge is 0.310 e. The van der Waals surface area contributed by atoms with Gasteiger partial charge in [0.15, 0.2) is 0 Å². The Balaban J connectivity index is 1.51. The van der Waals surface area contributed by atoms with Crippen LogP contribution in [0.2, 0.25) is 0 Å². The number of carbonyl (C=O) groups excluding carboxylic acids is 1. The first-order valence-electron chi connectivity index (χ1n) is 9.33. The fourth-order valence-corrected chi connectivity index (χ4v) is 3.55. The van der Waals surface area contributed by atoms with Gasteiger partial charge >= 0.3 is 0 Å². The second-order valence-electron chi connectivity index (χ2n) is 6.86. The van der Waals surface area contributed by atoms with Gasteiger partial charge in [0.25, 0.3) is 5.56 Å². The summed E-state index contributed by atoms with van der Waals surface area (Å²) in [6, 6.07) is 11.8. The first-order chi connectivity index (χ1) is 13.6. The van der Waals surface area contributed by atoms with E-state index in [0.717, 1.165) is 23.9 Å². The van der Waals surface area contributed by atoms with E-state index in [0.29, 0.717) is 17.5 Å². The van der Waals surface area contributed by atoms with Gasteiger partial charge in [-0.25, -0.2) is 4.39 Å². The number of aromatic nitrogens is 3. The Morgan fingerprint density at radius 1 is 1.04 bits per heavy atom. The first-order valence-corrected chi connectivity index (χ1v) is 9.33. The van der Waals surface area contributed by atoms with E-state index in [4.69, 9.17) is 0 Å². The molecule has 0 amide bonds. The van der Waals surface area contributed by atoms with Crippen molar-refractivity contribution in [1.82, 2.24) is 14.0 Å². The van der Waals surface area contributed by atoms with Crippen molar-refractivity contribution in [3.63, 3.8) is 0 Å². The summed E-state index contributed by atoms with van der Waals surface area (Å²) in [6.07, 6.45) is 7.54. The third-order valence-electron chi connectivity index (χ3n) is 4.96. The maximum absolute atomic E-state index is 13.8. The third-order valence-corrected chi connectivity index (χ3v) is 4.96. The van der Waals surface area contributed by atoms with Crippen LogP contribution >= 0.6 is 0 Å². The summed E-state index contributed by atoms with van der Waals surface area (Å²) in [6.45, 7) is 0.242. The summed E-state index contributed by atoms with van der Waals surface area (Å²) in [5.41, 5.74) is 2.64. The molecular formula is C22H20FN3O2. The normalized spacial score (nSPS) is 11.3. The lowest BCUT2D eigenvalue weighted by Gasteiger charge is -2.12. The van der Waals surface area contributed by atoms with Crippen LogP contribution in [0.15, 0.2) is 65.8 Å². The quantitative estimate of drug-likeness (QED) is 0.493. The maximum atomic E-state index is 13.8. The van der Waals surface area contributed by atoms with Gasteiger partial charge in [-0.1, -0.05) is 6.07 Å². The standard InChI is InChI=1S/C22H20FN3O2/c23-17-8-9-19-21(14-17)26(22(28)20-7-3-12-25(19)20)13-10-18(27)6-1-4-16-5-2-11-24-15-16/h2-3,5,7-9,11-12,14-15H,1,4,6,10,13H2. The predicted octanol–water partition coefficient (Wildman–Crippen LogP) is 3.77. The molecule has 0 fully saturated rings.